The number of ether oxygens (including phenoxy) is 1. The van der Waals surface area contributed by atoms with Crippen LogP contribution in [0.4, 0.5) is 18.0 Å². The average molecular weight is 692 g/mol. The van der Waals surface area contributed by atoms with Crippen LogP contribution in [0.25, 0.3) is 0 Å². The molecule has 2 aromatic rings. The summed E-state index contributed by atoms with van der Waals surface area (Å²) < 4.78 is 69.4. The van der Waals surface area contributed by atoms with Crippen molar-refractivity contribution < 1.29 is 40.7 Å². The number of halogens is 3. The molecule has 16 heteroatoms. The van der Waals surface area contributed by atoms with Crippen molar-refractivity contribution in [3.8, 4) is 0 Å². The number of nitrogens with one attached hydrogen (secondary N) is 3. The molecule has 0 aliphatic heterocycles. The maximum Gasteiger partial charge on any atom is 0.511 e. The lowest BCUT2D eigenvalue weighted by atomic mass is 9.95. The highest BCUT2D eigenvalue weighted by molar-refractivity contribution is 7.90. The van der Waals surface area contributed by atoms with E-state index in [1.165, 1.54) is 10.1 Å². The molecule has 4 atom stereocenters. The molecule has 0 radical (unpaired) electrons. The van der Waals surface area contributed by atoms with Crippen LogP contribution < -0.4 is 15.4 Å². The Labute approximate surface area is 272 Å². The van der Waals surface area contributed by atoms with Crippen molar-refractivity contribution in [1.82, 2.24) is 25.2 Å². The van der Waals surface area contributed by atoms with Crippen LogP contribution in [0.5, 0.6) is 0 Å². The van der Waals surface area contributed by atoms with Crippen molar-refractivity contribution in [1.29, 1.82) is 0 Å². The number of hydrogen-bond donors (Lipinski definition) is 3. The summed E-state index contributed by atoms with van der Waals surface area (Å²) in [7, 11) is -3.94. The number of alkyl halides is 3. The van der Waals surface area contributed by atoms with Crippen LogP contribution >= 0.6 is 11.3 Å². The summed E-state index contributed by atoms with van der Waals surface area (Å²) in [6.07, 6.45) is -0.197. The first-order valence-corrected chi connectivity index (χ1v) is 17.4. The molecule has 1 heterocycles. The van der Waals surface area contributed by atoms with Crippen LogP contribution in [0.1, 0.15) is 81.0 Å². The number of hydrogen-bond acceptors (Lipinski definition) is 8. The zero-order chi connectivity index (χ0) is 34.7. The number of thiazole rings is 1. The Bertz CT molecular complexity index is 1390. The standard InChI is InChI=1S/C30H44F3N5O6S2/c1-7-20(5)14-26(39)38(6)24(19(3)4)16-25(44-29(41)34-8-2)28-37-23(18-45-28)27(40)36-22(15-21-12-10-9-11-13-21)17-35-46(42,43)30(31,32)33/h9-13,18-20,22,24-25,35H,7-8,14-17H2,1-6H3,(H,34,41)(H,36,40)/t20-,22-,24+,25+/m0/s1. The monoisotopic (exact) mass is 691 g/mol. The van der Waals surface area contributed by atoms with Crippen molar-refractivity contribution in [2.75, 3.05) is 20.1 Å². The molecule has 0 aliphatic carbocycles. The SMILES string of the molecule is CCNC(=O)O[C@H](C[C@H](C(C)C)N(C)C(=O)C[C@@H](C)CC)c1nc(C(=O)N[C@H](CNS(=O)(=O)C(F)(F)F)Cc2ccccc2)cs1. The Balaban J connectivity index is 2.32. The maximum atomic E-state index is 13.2. The van der Waals surface area contributed by atoms with Crippen molar-refractivity contribution in [2.45, 2.75) is 84.0 Å². The van der Waals surface area contributed by atoms with E-state index in [4.69, 9.17) is 4.74 Å². The Hall–Kier alpha value is -3.24. The van der Waals surface area contributed by atoms with E-state index in [-0.39, 0.29) is 47.3 Å². The molecule has 0 aliphatic rings. The van der Waals surface area contributed by atoms with E-state index in [1.807, 2.05) is 27.7 Å². The molecule has 0 spiro atoms. The lowest BCUT2D eigenvalue weighted by Crippen LogP contribution is -2.47. The van der Waals surface area contributed by atoms with Gasteiger partial charge < -0.3 is 20.3 Å². The van der Waals surface area contributed by atoms with Gasteiger partial charge in [0.05, 0.1) is 0 Å². The van der Waals surface area contributed by atoms with Crippen LogP contribution in [-0.2, 0) is 26.0 Å². The van der Waals surface area contributed by atoms with Crippen LogP contribution in [0.3, 0.4) is 0 Å². The first kappa shape index (κ1) is 38.9. The predicted octanol–water partition coefficient (Wildman–Crippen LogP) is 5.02. The smallest absolute Gasteiger partial charge is 0.439 e. The molecule has 0 saturated heterocycles. The minimum atomic E-state index is -5.65. The number of rotatable bonds is 17. The van der Waals surface area contributed by atoms with Crippen molar-refractivity contribution in [3.05, 3.63) is 52.0 Å². The Morgan fingerprint density at radius 2 is 1.74 bits per heavy atom. The summed E-state index contributed by atoms with van der Waals surface area (Å²) in [5.74, 6) is -0.630. The molecule has 0 fully saturated rings. The number of sulfonamides is 1. The third-order valence-electron chi connectivity index (χ3n) is 7.42. The number of benzene rings is 1. The van der Waals surface area contributed by atoms with Crippen molar-refractivity contribution in [2.24, 2.45) is 11.8 Å². The minimum absolute atomic E-state index is 0.0202. The lowest BCUT2D eigenvalue weighted by Gasteiger charge is -2.34. The van der Waals surface area contributed by atoms with Crippen molar-refractivity contribution >= 4 is 39.3 Å². The summed E-state index contributed by atoms with van der Waals surface area (Å²) in [4.78, 5) is 44.8. The van der Waals surface area contributed by atoms with Gasteiger partial charge in [0.15, 0.2) is 6.10 Å². The number of aromatic nitrogens is 1. The minimum Gasteiger partial charge on any atom is -0.439 e. The number of amides is 3. The predicted molar refractivity (Wildman–Crippen MR) is 169 cm³/mol. The molecule has 11 nitrogen and oxygen atoms in total. The van der Waals surface area contributed by atoms with Gasteiger partial charge in [0, 0.05) is 50.4 Å². The lowest BCUT2D eigenvalue weighted by molar-refractivity contribution is -0.134. The van der Waals surface area contributed by atoms with Gasteiger partial charge in [-0.25, -0.2) is 22.9 Å². The molecule has 1 aromatic heterocycles. The van der Waals surface area contributed by atoms with Gasteiger partial charge in [-0.3, -0.25) is 9.59 Å². The first-order valence-electron chi connectivity index (χ1n) is 15.0. The van der Waals surface area contributed by atoms with Crippen LogP contribution in [0.2, 0.25) is 0 Å². The molecular weight excluding hydrogens is 647 g/mol. The summed E-state index contributed by atoms with van der Waals surface area (Å²) in [5.41, 5.74) is -4.96. The summed E-state index contributed by atoms with van der Waals surface area (Å²) in [6.45, 7) is 9.20. The van der Waals surface area contributed by atoms with E-state index in [0.29, 0.717) is 18.5 Å². The largest absolute Gasteiger partial charge is 0.511 e. The third kappa shape index (κ3) is 11.8. The molecule has 0 bridgehead atoms. The van der Waals surface area contributed by atoms with E-state index < -0.39 is 46.2 Å². The highest BCUT2D eigenvalue weighted by atomic mass is 32.2. The maximum absolute atomic E-state index is 13.2. The van der Waals surface area contributed by atoms with Crippen LogP contribution in [-0.4, -0.2) is 73.9 Å². The topological polar surface area (TPSA) is 147 Å². The van der Waals surface area contributed by atoms with Gasteiger partial charge in [-0.05, 0) is 30.7 Å². The molecule has 3 amide bonds. The number of alkyl carbamates (subject to hydrolysis) is 1. The van der Waals surface area contributed by atoms with Crippen molar-refractivity contribution in [3.63, 3.8) is 0 Å². The zero-order valence-electron chi connectivity index (χ0n) is 26.9. The molecule has 258 valence electrons. The molecule has 0 saturated carbocycles. The van der Waals surface area contributed by atoms with E-state index in [1.54, 1.807) is 49.2 Å². The van der Waals surface area contributed by atoms with E-state index >= 15 is 0 Å². The Kier molecular flexibility index (Phi) is 14.9. The summed E-state index contributed by atoms with van der Waals surface area (Å²) >= 11 is 1.05. The number of carbonyl (C=O) groups is 3. The Morgan fingerprint density at radius 3 is 2.30 bits per heavy atom. The molecule has 2 rings (SSSR count). The van der Waals surface area contributed by atoms with E-state index in [9.17, 15) is 36.0 Å². The normalized spacial score (nSPS) is 14.7. The molecule has 46 heavy (non-hydrogen) atoms. The summed E-state index contributed by atoms with van der Waals surface area (Å²) in [5, 5.41) is 6.84. The van der Waals surface area contributed by atoms with Gasteiger partial charge in [-0.1, -0.05) is 64.4 Å². The van der Waals surface area contributed by atoms with Gasteiger partial charge in [-0.2, -0.15) is 13.2 Å². The second kappa shape index (κ2) is 17.6. The van der Waals surface area contributed by atoms with Gasteiger partial charge in [0.1, 0.15) is 10.7 Å². The molecule has 3 N–H and O–H groups in total. The highest BCUT2D eigenvalue weighted by Gasteiger charge is 2.45. The highest BCUT2D eigenvalue weighted by Crippen LogP contribution is 2.31. The van der Waals surface area contributed by atoms with Gasteiger partial charge in [-0.15, -0.1) is 11.3 Å². The van der Waals surface area contributed by atoms with E-state index in [0.717, 1.165) is 17.8 Å². The number of nitrogens with zero attached hydrogens (tertiary/aromatic N) is 2. The summed E-state index contributed by atoms with van der Waals surface area (Å²) in [6, 6.07) is 7.13. The Morgan fingerprint density at radius 1 is 1.09 bits per heavy atom. The fourth-order valence-corrected chi connectivity index (χ4v) is 5.97. The zero-order valence-corrected chi connectivity index (χ0v) is 28.5. The average Bonchev–Trinajstić information content (AvgIpc) is 3.48. The first-order chi connectivity index (χ1) is 21.5. The van der Waals surface area contributed by atoms with Gasteiger partial charge >= 0.3 is 21.6 Å². The second-order valence-electron chi connectivity index (χ2n) is 11.4. The fraction of sp³-hybridized carbons (Fsp3) is 0.600. The fourth-order valence-electron chi connectivity index (χ4n) is 4.55. The number of carbonyl (C=O) groups excluding carboxylic acids is 3. The van der Waals surface area contributed by atoms with E-state index in [2.05, 4.69) is 15.6 Å². The third-order valence-corrected chi connectivity index (χ3v) is 9.51. The molecular formula is C30H44F3N5O6S2. The van der Waals surface area contributed by atoms with Gasteiger partial charge in [0.2, 0.25) is 5.91 Å². The second-order valence-corrected chi connectivity index (χ2v) is 14.1. The van der Waals surface area contributed by atoms with Crippen LogP contribution in [0.15, 0.2) is 35.7 Å². The molecule has 1 aromatic carbocycles. The molecule has 0 unspecified atom stereocenters. The quantitative estimate of drug-likeness (QED) is 0.211. The van der Waals surface area contributed by atoms with Crippen LogP contribution in [0, 0.1) is 11.8 Å². The van der Waals surface area contributed by atoms with Gasteiger partial charge in [0.25, 0.3) is 5.91 Å².